The van der Waals surface area contributed by atoms with Gasteiger partial charge in [-0.3, -0.25) is 9.78 Å². The monoisotopic (exact) mass is 562 g/mol. The number of fused-ring (bicyclic) bond motifs is 1. The highest BCUT2D eigenvalue weighted by Crippen LogP contribution is 2.38. The predicted octanol–water partition coefficient (Wildman–Crippen LogP) is 5.35. The van der Waals surface area contributed by atoms with Gasteiger partial charge in [0.15, 0.2) is 23.1 Å². The number of methoxy groups -OCH3 is 2. The minimum absolute atomic E-state index is 0.0795. The van der Waals surface area contributed by atoms with Crippen LogP contribution in [-0.4, -0.2) is 68.2 Å². The number of ether oxygens (including phenoxy) is 2. The van der Waals surface area contributed by atoms with Crippen LogP contribution in [0.4, 0.5) is 31.7 Å². The zero-order chi connectivity index (χ0) is 29.1. The highest BCUT2D eigenvalue weighted by molar-refractivity contribution is 5.90. The SMILES string of the molecule is CCN1CCN(c2cc(C)c(Nc3cc4cnc(-c5c(F)c(OC)cc(OC)c5F)cc4cn3)c(NC=O)c2)CC1. The van der Waals surface area contributed by atoms with Crippen molar-refractivity contribution in [2.45, 2.75) is 13.8 Å². The zero-order valence-electron chi connectivity index (χ0n) is 23.4. The summed E-state index contributed by atoms with van der Waals surface area (Å²) in [5, 5.41) is 7.47. The molecule has 5 rings (SSSR count). The summed E-state index contributed by atoms with van der Waals surface area (Å²) in [4.78, 5) is 25.0. The second-order valence-electron chi connectivity index (χ2n) is 9.76. The van der Waals surface area contributed by atoms with E-state index in [-0.39, 0.29) is 22.8 Å². The quantitative estimate of drug-likeness (QED) is 0.264. The van der Waals surface area contributed by atoms with E-state index in [0.717, 1.165) is 55.7 Å². The highest BCUT2D eigenvalue weighted by atomic mass is 19.1. The third-order valence-electron chi connectivity index (χ3n) is 7.41. The molecule has 0 bridgehead atoms. The third-order valence-corrected chi connectivity index (χ3v) is 7.41. The summed E-state index contributed by atoms with van der Waals surface area (Å²) in [6.07, 6.45) is 3.78. The molecule has 4 aromatic rings. The Morgan fingerprint density at radius 1 is 0.927 bits per heavy atom. The molecule has 1 saturated heterocycles. The van der Waals surface area contributed by atoms with Gasteiger partial charge >= 0.3 is 0 Å². The Kier molecular flexibility index (Phi) is 8.16. The molecular weight excluding hydrogens is 530 g/mol. The second-order valence-corrected chi connectivity index (χ2v) is 9.76. The first-order valence-electron chi connectivity index (χ1n) is 13.3. The molecule has 0 unspecified atom stereocenters. The molecule has 2 N–H and O–H groups in total. The maximum absolute atomic E-state index is 15.0. The maximum atomic E-state index is 15.0. The minimum atomic E-state index is -0.870. The van der Waals surface area contributed by atoms with Crippen molar-refractivity contribution in [2.75, 3.05) is 62.5 Å². The standard InChI is InChI=1S/C30H32F2N6O3/c1-5-37-6-8-38(9-7-37)21-10-18(2)30(23(13-21)35-17-39)36-26-12-20-15-33-22(11-19(20)16-34-26)27-28(31)24(40-3)14-25(41-4)29(27)32/h10-17H,5-9H2,1-4H3,(H,34,36)(H,35,39). The van der Waals surface area contributed by atoms with E-state index in [1.165, 1.54) is 20.4 Å². The summed E-state index contributed by atoms with van der Waals surface area (Å²) in [5.41, 5.74) is 3.08. The molecule has 0 radical (unpaired) electrons. The molecule has 1 amide bonds. The van der Waals surface area contributed by atoms with E-state index in [0.29, 0.717) is 28.7 Å². The number of piperazine rings is 1. The summed E-state index contributed by atoms with van der Waals surface area (Å²) in [5.74, 6) is -1.52. The fourth-order valence-electron chi connectivity index (χ4n) is 5.10. The predicted molar refractivity (Wildman–Crippen MR) is 156 cm³/mol. The number of aromatic nitrogens is 2. The first-order valence-corrected chi connectivity index (χ1v) is 13.3. The summed E-state index contributed by atoms with van der Waals surface area (Å²) in [6.45, 7) is 8.99. The Labute approximate surface area is 237 Å². The smallest absolute Gasteiger partial charge is 0.211 e. The van der Waals surface area contributed by atoms with Crippen molar-refractivity contribution in [1.29, 1.82) is 0 Å². The number of hydrogen-bond donors (Lipinski definition) is 2. The molecular formula is C30H32F2N6O3. The Balaban J connectivity index is 1.45. The number of pyridine rings is 2. The van der Waals surface area contributed by atoms with Gasteiger partial charge in [-0.25, -0.2) is 13.8 Å². The van der Waals surface area contributed by atoms with Crippen molar-refractivity contribution < 1.29 is 23.0 Å². The fourth-order valence-corrected chi connectivity index (χ4v) is 5.10. The lowest BCUT2D eigenvalue weighted by atomic mass is 10.1. The number of nitrogens with zero attached hydrogens (tertiary/aromatic N) is 4. The number of anilines is 4. The van der Waals surface area contributed by atoms with Gasteiger partial charge in [0.25, 0.3) is 0 Å². The van der Waals surface area contributed by atoms with Crippen LogP contribution < -0.4 is 25.0 Å². The van der Waals surface area contributed by atoms with E-state index in [2.05, 4.69) is 43.4 Å². The van der Waals surface area contributed by atoms with Crippen molar-refractivity contribution >= 4 is 40.1 Å². The van der Waals surface area contributed by atoms with Crippen LogP contribution in [0.5, 0.6) is 11.5 Å². The molecule has 1 aliphatic rings. The van der Waals surface area contributed by atoms with Gasteiger partial charge in [0, 0.05) is 61.1 Å². The number of hydrogen-bond acceptors (Lipinski definition) is 8. The van der Waals surface area contributed by atoms with Gasteiger partial charge in [0.05, 0.1) is 36.9 Å². The van der Waals surface area contributed by atoms with Gasteiger partial charge in [0.2, 0.25) is 6.41 Å². The van der Waals surface area contributed by atoms with Crippen molar-refractivity contribution in [1.82, 2.24) is 14.9 Å². The van der Waals surface area contributed by atoms with Crippen molar-refractivity contribution in [3.05, 3.63) is 59.9 Å². The van der Waals surface area contributed by atoms with Crippen LogP contribution in [0.1, 0.15) is 12.5 Å². The van der Waals surface area contributed by atoms with E-state index in [9.17, 15) is 4.79 Å². The number of aryl methyl sites for hydroxylation is 1. The van der Waals surface area contributed by atoms with E-state index < -0.39 is 11.6 Å². The van der Waals surface area contributed by atoms with E-state index in [1.54, 1.807) is 18.3 Å². The molecule has 11 heteroatoms. The molecule has 0 atom stereocenters. The maximum Gasteiger partial charge on any atom is 0.211 e. The lowest BCUT2D eigenvalue weighted by Gasteiger charge is -2.36. The number of halogens is 2. The van der Waals surface area contributed by atoms with Gasteiger partial charge in [0.1, 0.15) is 5.82 Å². The van der Waals surface area contributed by atoms with Crippen molar-refractivity contribution in [3.8, 4) is 22.8 Å². The summed E-state index contributed by atoms with van der Waals surface area (Å²) < 4.78 is 40.2. The highest BCUT2D eigenvalue weighted by Gasteiger charge is 2.23. The fraction of sp³-hybridized carbons (Fsp3) is 0.300. The largest absolute Gasteiger partial charge is 0.494 e. The van der Waals surface area contributed by atoms with Gasteiger partial charge in [-0.05, 0) is 43.3 Å². The van der Waals surface area contributed by atoms with E-state index in [4.69, 9.17) is 9.47 Å². The summed E-state index contributed by atoms with van der Waals surface area (Å²) in [6, 6.07) is 8.56. The van der Waals surface area contributed by atoms with Crippen LogP contribution in [0.15, 0.2) is 42.7 Å². The molecule has 2 aromatic carbocycles. The minimum Gasteiger partial charge on any atom is -0.494 e. The molecule has 214 valence electrons. The molecule has 1 aliphatic heterocycles. The number of carbonyl (C=O) groups is 1. The number of benzene rings is 2. The number of likely N-dealkylation sites (N-methyl/N-ethyl adjacent to an activating group) is 1. The molecule has 9 nitrogen and oxygen atoms in total. The van der Waals surface area contributed by atoms with Crippen LogP contribution in [-0.2, 0) is 4.79 Å². The van der Waals surface area contributed by atoms with Crippen LogP contribution in [0.25, 0.3) is 22.0 Å². The second kappa shape index (κ2) is 11.9. The van der Waals surface area contributed by atoms with Crippen molar-refractivity contribution in [3.63, 3.8) is 0 Å². The van der Waals surface area contributed by atoms with Crippen LogP contribution in [0, 0.1) is 18.6 Å². The van der Waals surface area contributed by atoms with Crippen molar-refractivity contribution in [2.24, 2.45) is 0 Å². The molecule has 41 heavy (non-hydrogen) atoms. The van der Waals surface area contributed by atoms with Gasteiger partial charge < -0.3 is 29.9 Å². The topological polar surface area (TPSA) is 91.8 Å². The molecule has 0 aliphatic carbocycles. The Hall–Kier alpha value is -4.51. The number of carbonyl (C=O) groups excluding carboxylic acids is 1. The third kappa shape index (κ3) is 5.58. The van der Waals surface area contributed by atoms with E-state index in [1.807, 2.05) is 13.0 Å². The van der Waals surface area contributed by atoms with Crippen LogP contribution >= 0.6 is 0 Å². The lowest BCUT2D eigenvalue weighted by Crippen LogP contribution is -2.46. The summed E-state index contributed by atoms with van der Waals surface area (Å²) >= 11 is 0. The Morgan fingerprint density at radius 3 is 2.22 bits per heavy atom. The average Bonchev–Trinajstić information content (AvgIpc) is 2.99. The van der Waals surface area contributed by atoms with Crippen LogP contribution in [0.2, 0.25) is 0 Å². The normalized spacial score (nSPS) is 13.8. The lowest BCUT2D eigenvalue weighted by molar-refractivity contribution is -0.105. The first kappa shape index (κ1) is 28.0. The molecule has 1 fully saturated rings. The van der Waals surface area contributed by atoms with E-state index >= 15 is 8.78 Å². The first-order chi connectivity index (χ1) is 19.9. The average molecular weight is 563 g/mol. The zero-order valence-corrected chi connectivity index (χ0v) is 23.4. The Bertz CT molecular complexity index is 1560. The Morgan fingerprint density at radius 2 is 1.59 bits per heavy atom. The number of nitrogens with one attached hydrogen (secondary N) is 2. The molecule has 0 spiro atoms. The summed E-state index contributed by atoms with van der Waals surface area (Å²) in [7, 11) is 2.59. The number of amides is 1. The molecule has 3 heterocycles. The molecule has 2 aromatic heterocycles. The van der Waals surface area contributed by atoms with Gasteiger partial charge in [-0.1, -0.05) is 6.92 Å². The van der Waals surface area contributed by atoms with Gasteiger partial charge in [-0.2, -0.15) is 0 Å². The van der Waals surface area contributed by atoms with Gasteiger partial charge in [-0.15, -0.1) is 0 Å². The number of rotatable bonds is 9. The van der Waals surface area contributed by atoms with Crippen LogP contribution in [0.3, 0.4) is 0 Å². The molecule has 0 saturated carbocycles.